The maximum atomic E-state index is 14.7. The topological polar surface area (TPSA) is 76.2 Å². The number of benzene rings is 2. The molecule has 2 saturated heterocycles. The molecule has 0 radical (unpaired) electrons. The van der Waals surface area contributed by atoms with Crippen LogP contribution in [0.25, 0.3) is 0 Å². The van der Waals surface area contributed by atoms with Gasteiger partial charge in [0.1, 0.15) is 18.0 Å². The fourth-order valence-corrected chi connectivity index (χ4v) is 5.48. The van der Waals surface area contributed by atoms with Crippen molar-refractivity contribution in [3.8, 4) is 0 Å². The highest BCUT2D eigenvalue weighted by Gasteiger charge is 2.52. The predicted octanol–water partition coefficient (Wildman–Crippen LogP) is 6.33. The Labute approximate surface area is 227 Å². The molecule has 0 bridgehead atoms. The lowest BCUT2D eigenvalue weighted by Gasteiger charge is -2.40. The summed E-state index contributed by atoms with van der Waals surface area (Å²) in [4.78, 5) is 43.3. The second kappa shape index (κ2) is 10.6. The maximum absolute atomic E-state index is 14.7. The third-order valence-electron chi connectivity index (χ3n) is 7.09. The largest absolute Gasteiger partial charge is 0.447 e. The number of nitrogens with zero attached hydrogens (tertiary/aromatic N) is 2. The van der Waals surface area contributed by atoms with Crippen molar-refractivity contribution in [2.45, 2.75) is 83.0 Å². The molecule has 2 heterocycles. The predicted molar refractivity (Wildman–Crippen MR) is 141 cm³/mol. The molecule has 2 unspecified atom stereocenters. The van der Waals surface area contributed by atoms with E-state index in [4.69, 9.17) is 21.1 Å². The normalized spacial score (nSPS) is 21.8. The highest BCUT2D eigenvalue weighted by atomic mass is 35.5. The van der Waals surface area contributed by atoms with Crippen molar-refractivity contribution < 1.29 is 28.2 Å². The Morgan fingerprint density at radius 1 is 1.18 bits per heavy atom. The Bertz CT molecular complexity index is 1210. The summed E-state index contributed by atoms with van der Waals surface area (Å²) in [6.45, 7) is 9.18. The molecular weight excluding hydrogens is 511 g/mol. The molecule has 3 atom stereocenters. The zero-order chi connectivity index (χ0) is 27.8. The molecule has 38 heavy (non-hydrogen) atoms. The first-order valence-corrected chi connectivity index (χ1v) is 13.2. The highest BCUT2D eigenvalue weighted by molar-refractivity contribution is 6.30. The Hall–Kier alpha value is -3.13. The average Bonchev–Trinajstić information content (AvgIpc) is 3.34. The molecule has 9 heteroatoms. The molecule has 4 rings (SSSR count). The van der Waals surface area contributed by atoms with E-state index in [0.29, 0.717) is 24.8 Å². The minimum absolute atomic E-state index is 0.0487. The molecule has 2 aliphatic heterocycles. The summed E-state index contributed by atoms with van der Waals surface area (Å²) in [5.41, 5.74) is -0.122. The number of ether oxygens (including phenoxy) is 2. The van der Waals surface area contributed by atoms with Crippen molar-refractivity contribution in [1.82, 2.24) is 9.80 Å². The lowest BCUT2D eigenvalue weighted by molar-refractivity contribution is -0.132. The SMILES string of the molecule is CC(C)(C)OC(=O)N1C([C@@H](C(=O)N2C(=O)OCC2Cc2ccccc2)c2ccc(Cl)c(F)c2)CCC1(C)C. The van der Waals surface area contributed by atoms with Gasteiger partial charge in [0.2, 0.25) is 5.91 Å². The van der Waals surface area contributed by atoms with Crippen molar-refractivity contribution in [2.24, 2.45) is 0 Å². The van der Waals surface area contributed by atoms with Gasteiger partial charge >= 0.3 is 12.2 Å². The number of cyclic esters (lactones) is 1. The first-order valence-electron chi connectivity index (χ1n) is 12.8. The average molecular weight is 545 g/mol. The van der Waals surface area contributed by atoms with E-state index in [0.717, 1.165) is 10.5 Å². The van der Waals surface area contributed by atoms with E-state index in [2.05, 4.69) is 0 Å². The van der Waals surface area contributed by atoms with Crippen molar-refractivity contribution in [1.29, 1.82) is 0 Å². The highest BCUT2D eigenvalue weighted by Crippen LogP contribution is 2.43. The van der Waals surface area contributed by atoms with E-state index in [1.807, 2.05) is 44.2 Å². The lowest BCUT2D eigenvalue weighted by Crippen LogP contribution is -2.54. The second-order valence-corrected chi connectivity index (χ2v) is 12.0. The monoisotopic (exact) mass is 544 g/mol. The van der Waals surface area contributed by atoms with Crippen LogP contribution in [-0.4, -0.2) is 57.7 Å². The van der Waals surface area contributed by atoms with Gasteiger partial charge < -0.3 is 9.47 Å². The molecule has 0 N–H and O–H groups in total. The summed E-state index contributed by atoms with van der Waals surface area (Å²) in [5, 5.41) is -0.0850. The number of imide groups is 1. The maximum Gasteiger partial charge on any atom is 0.417 e. The molecule has 2 aliphatic rings. The fraction of sp³-hybridized carbons (Fsp3) is 0.483. The van der Waals surface area contributed by atoms with Crippen LogP contribution in [0.1, 0.15) is 64.5 Å². The first-order chi connectivity index (χ1) is 17.8. The van der Waals surface area contributed by atoms with Crippen molar-refractivity contribution in [3.63, 3.8) is 0 Å². The molecule has 3 amide bonds. The number of halogens is 2. The first kappa shape index (κ1) is 27.9. The molecular formula is C29H34ClFN2O5. The van der Waals surface area contributed by atoms with E-state index in [1.165, 1.54) is 12.1 Å². The number of carbonyl (C=O) groups is 3. The molecule has 0 aliphatic carbocycles. The quantitative estimate of drug-likeness (QED) is 0.439. The van der Waals surface area contributed by atoms with Gasteiger partial charge in [-0.15, -0.1) is 0 Å². The van der Waals surface area contributed by atoms with E-state index in [1.54, 1.807) is 31.7 Å². The number of likely N-dealkylation sites (tertiary alicyclic amines) is 1. The van der Waals surface area contributed by atoms with Gasteiger partial charge in [-0.25, -0.2) is 18.9 Å². The van der Waals surface area contributed by atoms with Crippen LogP contribution in [-0.2, 0) is 20.7 Å². The molecule has 204 valence electrons. The van der Waals surface area contributed by atoms with E-state index in [-0.39, 0.29) is 11.6 Å². The minimum atomic E-state index is -1.04. The van der Waals surface area contributed by atoms with Gasteiger partial charge in [0, 0.05) is 5.54 Å². The molecule has 0 aromatic heterocycles. The van der Waals surface area contributed by atoms with Gasteiger partial charge in [0.15, 0.2) is 0 Å². The second-order valence-electron chi connectivity index (χ2n) is 11.5. The lowest BCUT2D eigenvalue weighted by atomic mass is 9.87. The number of hydrogen-bond donors (Lipinski definition) is 0. The molecule has 0 spiro atoms. The van der Waals surface area contributed by atoms with Gasteiger partial charge in [-0.05, 0) is 77.1 Å². The summed E-state index contributed by atoms with van der Waals surface area (Å²) >= 11 is 5.96. The zero-order valence-electron chi connectivity index (χ0n) is 22.4. The Balaban J connectivity index is 1.76. The third-order valence-corrected chi connectivity index (χ3v) is 7.40. The summed E-state index contributed by atoms with van der Waals surface area (Å²) < 4.78 is 25.7. The van der Waals surface area contributed by atoms with Gasteiger partial charge in [0.25, 0.3) is 0 Å². The fourth-order valence-electron chi connectivity index (χ4n) is 5.36. The van der Waals surface area contributed by atoms with E-state index in [9.17, 15) is 18.8 Å². The Morgan fingerprint density at radius 2 is 1.87 bits per heavy atom. The number of amides is 3. The van der Waals surface area contributed by atoms with Gasteiger partial charge in [0.05, 0.1) is 23.0 Å². The summed E-state index contributed by atoms with van der Waals surface area (Å²) in [7, 11) is 0. The van der Waals surface area contributed by atoms with Gasteiger partial charge in [-0.3, -0.25) is 9.69 Å². The molecule has 0 saturated carbocycles. The molecule has 2 aromatic carbocycles. The van der Waals surface area contributed by atoms with Crippen LogP contribution in [0.4, 0.5) is 14.0 Å². The molecule has 2 fully saturated rings. The Kier molecular flexibility index (Phi) is 7.75. The van der Waals surface area contributed by atoms with Gasteiger partial charge in [-0.2, -0.15) is 0 Å². The number of rotatable bonds is 5. The van der Waals surface area contributed by atoms with Crippen molar-refractivity contribution in [3.05, 3.63) is 70.5 Å². The van der Waals surface area contributed by atoms with Crippen LogP contribution in [0.5, 0.6) is 0 Å². The summed E-state index contributed by atoms with van der Waals surface area (Å²) in [6, 6.07) is 12.4. The number of hydrogen-bond acceptors (Lipinski definition) is 5. The van der Waals surface area contributed by atoms with Crippen LogP contribution < -0.4 is 0 Å². The minimum Gasteiger partial charge on any atom is -0.447 e. The van der Waals surface area contributed by atoms with E-state index < -0.39 is 53.1 Å². The van der Waals surface area contributed by atoms with E-state index >= 15 is 0 Å². The summed E-state index contributed by atoms with van der Waals surface area (Å²) in [5.74, 6) is -2.28. The van der Waals surface area contributed by atoms with Crippen LogP contribution in [0.15, 0.2) is 48.5 Å². The standard InChI is InChI=1S/C29H34ClFN2O5/c1-28(2,3)38-27(36)33-23(13-14-29(33,4)5)24(19-11-12-21(30)22(31)16-19)25(34)32-20(17-37-26(32)35)15-18-9-7-6-8-10-18/h6-12,16,20,23-24H,13-15,17H2,1-5H3/t20?,23?,24-/m0/s1. The van der Waals surface area contributed by atoms with Crippen molar-refractivity contribution >= 4 is 29.7 Å². The molecule has 7 nitrogen and oxygen atoms in total. The van der Waals surface area contributed by atoms with Crippen LogP contribution >= 0.6 is 11.6 Å². The smallest absolute Gasteiger partial charge is 0.417 e. The van der Waals surface area contributed by atoms with Gasteiger partial charge in [-0.1, -0.05) is 48.0 Å². The number of carbonyl (C=O) groups excluding carboxylic acids is 3. The third kappa shape index (κ3) is 5.80. The van der Waals surface area contributed by atoms with Crippen molar-refractivity contribution in [2.75, 3.05) is 6.61 Å². The van der Waals surface area contributed by atoms with Crippen LogP contribution in [0, 0.1) is 5.82 Å². The summed E-state index contributed by atoms with van der Waals surface area (Å²) in [6.07, 6.45) is 0.137. The molecule has 2 aromatic rings. The Morgan fingerprint density at radius 3 is 2.50 bits per heavy atom. The van der Waals surface area contributed by atoms with Crippen LogP contribution in [0.2, 0.25) is 5.02 Å². The zero-order valence-corrected chi connectivity index (χ0v) is 23.1. The van der Waals surface area contributed by atoms with Crippen LogP contribution in [0.3, 0.4) is 0 Å².